The summed E-state index contributed by atoms with van der Waals surface area (Å²) in [6.45, 7) is 7.09. The van der Waals surface area contributed by atoms with Crippen LogP contribution in [0, 0.1) is 11.3 Å². The van der Waals surface area contributed by atoms with Gasteiger partial charge in [0.15, 0.2) is 0 Å². The van der Waals surface area contributed by atoms with Crippen LogP contribution in [-0.2, 0) is 4.79 Å². The number of amides is 1. The van der Waals surface area contributed by atoms with E-state index in [0.717, 1.165) is 35.4 Å². The Bertz CT molecular complexity index is 750. The Labute approximate surface area is 165 Å². The predicted octanol–water partition coefficient (Wildman–Crippen LogP) is 2.77. The second-order valence-electron chi connectivity index (χ2n) is 7.68. The molecule has 1 aliphatic heterocycles. The second-order valence-corrected chi connectivity index (χ2v) is 8.58. The fourth-order valence-corrected chi connectivity index (χ4v) is 4.22. The molecule has 26 heavy (non-hydrogen) atoms. The van der Waals surface area contributed by atoms with Gasteiger partial charge in [0.25, 0.3) is 0 Å². The van der Waals surface area contributed by atoms with Crippen molar-refractivity contribution in [1.82, 2.24) is 14.9 Å². The number of nitrogens with zero attached hydrogens (tertiary/aromatic N) is 4. The van der Waals surface area contributed by atoms with Crippen molar-refractivity contribution in [1.29, 1.82) is 0 Å². The van der Waals surface area contributed by atoms with Crippen molar-refractivity contribution in [2.75, 3.05) is 38.1 Å². The van der Waals surface area contributed by atoms with Crippen LogP contribution in [0.15, 0.2) is 17.8 Å². The highest BCUT2D eigenvalue weighted by Gasteiger charge is 2.31. The second kappa shape index (κ2) is 8.50. The fourth-order valence-electron chi connectivity index (χ4n) is 3.50. The van der Waals surface area contributed by atoms with Gasteiger partial charge in [-0.3, -0.25) is 4.79 Å². The first kappa shape index (κ1) is 20.9. The highest BCUT2D eigenvalue weighted by molar-refractivity contribution is 7.16. The van der Waals surface area contributed by atoms with Crippen LogP contribution >= 0.6 is 23.7 Å². The molecule has 0 spiro atoms. The minimum Gasteiger partial charge on any atom is -0.355 e. The molecule has 0 bridgehead atoms. The van der Waals surface area contributed by atoms with E-state index in [1.807, 2.05) is 17.3 Å². The normalized spacial score (nSPS) is 17.8. The third-order valence-electron chi connectivity index (χ3n) is 4.90. The van der Waals surface area contributed by atoms with Gasteiger partial charge in [0.1, 0.15) is 17.0 Å². The number of carbonyl (C=O) groups excluding carboxylic acids is 1. The molecule has 1 atom stereocenters. The number of anilines is 1. The molecule has 2 N–H and O–H groups in total. The number of fused-ring (bicyclic) bond motifs is 1. The summed E-state index contributed by atoms with van der Waals surface area (Å²) < 4.78 is 0. The van der Waals surface area contributed by atoms with Crippen LogP contribution in [-0.4, -0.2) is 54.0 Å². The van der Waals surface area contributed by atoms with E-state index in [1.165, 1.54) is 0 Å². The lowest BCUT2D eigenvalue weighted by atomic mass is 9.91. The van der Waals surface area contributed by atoms with Crippen LogP contribution < -0.4 is 10.6 Å². The molecule has 1 unspecified atom stereocenters. The Kier molecular flexibility index (Phi) is 6.82. The Morgan fingerprint density at radius 1 is 1.46 bits per heavy atom. The van der Waals surface area contributed by atoms with Crippen LogP contribution in [0.4, 0.5) is 5.82 Å². The Hall–Kier alpha value is -1.44. The SMILES string of the molecule is CN(CC(C)(C)CN)C(=O)C1CCCN(c2ncnc3sccc23)C1.Cl. The number of halogens is 1. The maximum absolute atomic E-state index is 12.9. The minimum absolute atomic E-state index is 0. The molecule has 2 aromatic rings. The number of nitrogens with two attached hydrogens (primary N) is 1. The zero-order valence-electron chi connectivity index (χ0n) is 15.6. The van der Waals surface area contributed by atoms with Gasteiger partial charge in [0, 0.05) is 26.7 Å². The highest BCUT2D eigenvalue weighted by atomic mass is 35.5. The Balaban J connectivity index is 0.00000243. The van der Waals surface area contributed by atoms with Gasteiger partial charge in [0.2, 0.25) is 5.91 Å². The van der Waals surface area contributed by atoms with Crippen molar-refractivity contribution in [3.05, 3.63) is 17.8 Å². The monoisotopic (exact) mass is 397 g/mol. The van der Waals surface area contributed by atoms with Crippen LogP contribution in [0.25, 0.3) is 10.2 Å². The Morgan fingerprint density at radius 2 is 2.23 bits per heavy atom. The van der Waals surface area contributed by atoms with Crippen LogP contribution in [0.5, 0.6) is 0 Å². The number of carbonyl (C=O) groups is 1. The van der Waals surface area contributed by atoms with E-state index >= 15 is 0 Å². The summed E-state index contributed by atoms with van der Waals surface area (Å²) in [6.07, 6.45) is 3.55. The largest absolute Gasteiger partial charge is 0.355 e. The molecule has 1 amide bonds. The van der Waals surface area contributed by atoms with Crippen molar-refractivity contribution < 1.29 is 4.79 Å². The number of aromatic nitrogens is 2. The summed E-state index contributed by atoms with van der Waals surface area (Å²) in [5, 5.41) is 3.12. The third-order valence-corrected chi connectivity index (χ3v) is 5.73. The molecule has 1 fully saturated rings. The summed E-state index contributed by atoms with van der Waals surface area (Å²) in [5.41, 5.74) is 5.75. The molecule has 1 aliphatic rings. The third kappa shape index (κ3) is 4.45. The van der Waals surface area contributed by atoms with E-state index < -0.39 is 0 Å². The Morgan fingerprint density at radius 3 is 2.96 bits per heavy atom. The number of thiophene rings is 1. The lowest BCUT2D eigenvalue weighted by Gasteiger charge is -2.36. The average molecular weight is 398 g/mol. The van der Waals surface area contributed by atoms with E-state index in [0.29, 0.717) is 19.6 Å². The highest BCUT2D eigenvalue weighted by Crippen LogP contribution is 2.30. The molecule has 6 nitrogen and oxygen atoms in total. The van der Waals surface area contributed by atoms with E-state index in [9.17, 15) is 4.79 Å². The lowest BCUT2D eigenvalue weighted by Crippen LogP contribution is -2.47. The molecule has 144 valence electrons. The average Bonchev–Trinajstić information content (AvgIpc) is 3.09. The first-order valence-electron chi connectivity index (χ1n) is 8.79. The molecule has 0 saturated carbocycles. The first-order chi connectivity index (χ1) is 11.9. The van der Waals surface area contributed by atoms with Gasteiger partial charge < -0.3 is 15.5 Å². The molecule has 2 aromatic heterocycles. The van der Waals surface area contributed by atoms with Crippen molar-refractivity contribution in [3.8, 4) is 0 Å². The molecule has 0 aliphatic carbocycles. The predicted molar refractivity (Wildman–Crippen MR) is 110 cm³/mol. The quantitative estimate of drug-likeness (QED) is 0.839. The first-order valence-corrected chi connectivity index (χ1v) is 9.67. The molecule has 0 aromatic carbocycles. The minimum atomic E-state index is -0.0613. The van der Waals surface area contributed by atoms with Gasteiger partial charge in [-0.2, -0.15) is 0 Å². The van der Waals surface area contributed by atoms with Crippen molar-refractivity contribution in [3.63, 3.8) is 0 Å². The summed E-state index contributed by atoms with van der Waals surface area (Å²) in [4.78, 5) is 26.8. The molecule has 3 heterocycles. The van der Waals surface area contributed by atoms with Crippen LogP contribution in [0.1, 0.15) is 26.7 Å². The lowest BCUT2D eigenvalue weighted by molar-refractivity contribution is -0.135. The van der Waals surface area contributed by atoms with Gasteiger partial charge in [-0.15, -0.1) is 23.7 Å². The van der Waals surface area contributed by atoms with Crippen molar-refractivity contribution >= 4 is 45.7 Å². The van der Waals surface area contributed by atoms with Gasteiger partial charge in [-0.25, -0.2) is 9.97 Å². The smallest absolute Gasteiger partial charge is 0.227 e. The van der Waals surface area contributed by atoms with Crippen molar-refractivity contribution in [2.24, 2.45) is 17.1 Å². The van der Waals surface area contributed by atoms with Gasteiger partial charge in [-0.1, -0.05) is 13.8 Å². The van der Waals surface area contributed by atoms with E-state index in [1.54, 1.807) is 17.7 Å². The van der Waals surface area contributed by atoms with Gasteiger partial charge >= 0.3 is 0 Å². The zero-order chi connectivity index (χ0) is 18.0. The number of piperidine rings is 1. The maximum atomic E-state index is 12.9. The molecule has 8 heteroatoms. The number of hydrogen-bond acceptors (Lipinski definition) is 6. The van der Waals surface area contributed by atoms with Crippen LogP contribution in [0.3, 0.4) is 0 Å². The fraction of sp³-hybridized carbons (Fsp3) is 0.611. The standard InChI is InChI=1S/C18H27N5OS.ClH/c1-18(2,10-19)11-22(3)17(24)13-5-4-7-23(9-13)15-14-6-8-25-16(14)21-12-20-15;/h6,8,12-13H,4-5,7,9-11,19H2,1-3H3;1H. The van der Waals surface area contributed by atoms with Gasteiger partial charge in [-0.05, 0) is 36.2 Å². The maximum Gasteiger partial charge on any atom is 0.227 e. The summed E-state index contributed by atoms with van der Waals surface area (Å²) in [7, 11) is 1.89. The summed E-state index contributed by atoms with van der Waals surface area (Å²) >= 11 is 1.62. The molecule has 1 saturated heterocycles. The molecule has 0 radical (unpaired) electrons. The molecular weight excluding hydrogens is 370 g/mol. The molecular formula is C18H28ClN5OS. The molecule has 3 rings (SSSR count). The zero-order valence-corrected chi connectivity index (χ0v) is 17.3. The summed E-state index contributed by atoms with van der Waals surface area (Å²) in [6, 6.07) is 2.07. The number of rotatable bonds is 5. The van der Waals surface area contributed by atoms with E-state index in [2.05, 4.69) is 34.8 Å². The van der Waals surface area contributed by atoms with E-state index in [-0.39, 0.29) is 29.6 Å². The van der Waals surface area contributed by atoms with Crippen molar-refractivity contribution in [2.45, 2.75) is 26.7 Å². The van der Waals surface area contributed by atoms with Crippen LogP contribution in [0.2, 0.25) is 0 Å². The summed E-state index contributed by atoms with van der Waals surface area (Å²) in [5.74, 6) is 1.17. The topological polar surface area (TPSA) is 75.3 Å². The van der Waals surface area contributed by atoms with Gasteiger partial charge in [0.05, 0.1) is 11.3 Å². The van der Waals surface area contributed by atoms with E-state index in [4.69, 9.17) is 5.73 Å². The number of hydrogen-bond donors (Lipinski definition) is 1.